The highest BCUT2D eigenvalue weighted by Crippen LogP contribution is 2.25. The molecule has 0 aromatic carbocycles. The molecule has 1 aromatic heterocycles. The predicted molar refractivity (Wildman–Crippen MR) is 81.3 cm³/mol. The molecule has 19 heavy (non-hydrogen) atoms. The number of aryl methyl sites for hydroxylation is 1. The van der Waals surface area contributed by atoms with Crippen LogP contribution in [0.15, 0.2) is 15.9 Å². The van der Waals surface area contributed by atoms with E-state index >= 15 is 0 Å². The maximum Gasteiger partial charge on any atom is 0.220 e. The van der Waals surface area contributed by atoms with Crippen LogP contribution in [0.1, 0.15) is 37.0 Å². The molecule has 0 aliphatic heterocycles. The van der Waals surface area contributed by atoms with Crippen LogP contribution < -0.4 is 5.32 Å². The second kappa shape index (κ2) is 7.41. The molecule has 0 saturated heterocycles. The van der Waals surface area contributed by atoms with Gasteiger partial charge in [0.25, 0.3) is 0 Å². The van der Waals surface area contributed by atoms with Gasteiger partial charge in [0, 0.05) is 23.8 Å². The molecule has 1 aliphatic rings. The van der Waals surface area contributed by atoms with E-state index in [1.165, 1.54) is 4.88 Å². The van der Waals surface area contributed by atoms with Crippen LogP contribution in [-0.4, -0.2) is 23.7 Å². The van der Waals surface area contributed by atoms with Crippen molar-refractivity contribution in [3.8, 4) is 0 Å². The van der Waals surface area contributed by atoms with Gasteiger partial charge in [0.05, 0.1) is 9.89 Å². The topological polar surface area (TPSA) is 49.3 Å². The van der Waals surface area contributed by atoms with Crippen LogP contribution in [0, 0.1) is 5.92 Å². The fourth-order valence-electron chi connectivity index (χ4n) is 2.50. The van der Waals surface area contributed by atoms with Gasteiger partial charge >= 0.3 is 0 Å². The maximum atomic E-state index is 11.7. The molecule has 0 spiro atoms. The lowest BCUT2D eigenvalue weighted by Crippen LogP contribution is -2.32. The van der Waals surface area contributed by atoms with Gasteiger partial charge in [0.1, 0.15) is 0 Å². The van der Waals surface area contributed by atoms with Crippen molar-refractivity contribution in [3.05, 3.63) is 20.8 Å². The molecule has 1 fully saturated rings. The number of halogens is 1. The van der Waals surface area contributed by atoms with Crippen molar-refractivity contribution in [1.29, 1.82) is 0 Å². The largest absolute Gasteiger partial charge is 0.393 e. The first kappa shape index (κ1) is 15.0. The summed E-state index contributed by atoms with van der Waals surface area (Å²) in [5.74, 6) is 0.368. The summed E-state index contributed by atoms with van der Waals surface area (Å²) in [7, 11) is 0. The summed E-state index contributed by atoms with van der Waals surface area (Å²) >= 11 is 5.16. The lowest BCUT2D eigenvalue weighted by Gasteiger charge is -2.14. The summed E-state index contributed by atoms with van der Waals surface area (Å²) < 4.78 is 1.14. The molecular weight excluding hydrogens is 326 g/mol. The Morgan fingerprint density at radius 2 is 2.32 bits per heavy atom. The number of amides is 1. The van der Waals surface area contributed by atoms with E-state index in [4.69, 9.17) is 0 Å². The molecule has 0 radical (unpaired) electrons. The van der Waals surface area contributed by atoms with Crippen molar-refractivity contribution in [2.24, 2.45) is 5.92 Å². The molecule has 1 aromatic rings. The molecule has 106 valence electrons. The third kappa shape index (κ3) is 4.89. The molecule has 2 N–H and O–H groups in total. The fourth-order valence-corrected chi connectivity index (χ4v) is 4.02. The number of rotatable bonds is 6. The second-order valence-corrected chi connectivity index (χ2v) is 7.67. The Bertz CT molecular complexity index is 421. The van der Waals surface area contributed by atoms with Crippen molar-refractivity contribution in [3.63, 3.8) is 0 Å². The number of hydrogen-bond donors (Lipinski definition) is 2. The second-order valence-electron chi connectivity index (χ2n) is 5.12. The average molecular weight is 346 g/mol. The van der Waals surface area contributed by atoms with E-state index in [0.717, 1.165) is 35.9 Å². The number of aliphatic hydroxyl groups excluding tert-OH is 1. The number of carbonyl (C=O) groups is 1. The molecule has 1 heterocycles. The van der Waals surface area contributed by atoms with Gasteiger partial charge in [-0.2, -0.15) is 0 Å². The van der Waals surface area contributed by atoms with Crippen LogP contribution in [0.4, 0.5) is 0 Å². The Balaban J connectivity index is 1.59. The van der Waals surface area contributed by atoms with E-state index in [0.29, 0.717) is 13.0 Å². The van der Waals surface area contributed by atoms with E-state index in [1.54, 1.807) is 11.3 Å². The Hall–Kier alpha value is -0.390. The van der Waals surface area contributed by atoms with Crippen LogP contribution in [0.3, 0.4) is 0 Å². The molecule has 5 heteroatoms. The summed E-state index contributed by atoms with van der Waals surface area (Å²) in [6.45, 7) is 0.630. The van der Waals surface area contributed by atoms with E-state index < -0.39 is 0 Å². The van der Waals surface area contributed by atoms with Gasteiger partial charge in [-0.1, -0.05) is 6.42 Å². The summed E-state index contributed by atoms with van der Waals surface area (Å²) in [5.41, 5.74) is 0. The van der Waals surface area contributed by atoms with Crippen molar-refractivity contribution in [2.75, 3.05) is 6.54 Å². The molecule has 2 unspecified atom stereocenters. The van der Waals surface area contributed by atoms with Crippen LogP contribution in [0.5, 0.6) is 0 Å². The molecule has 2 rings (SSSR count). The fraction of sp³-hybridized carbons (Fsp3) is 0.643. The summed E-state index contributed by atoms with van der Waals surface area (Å²) in [5, 5.41) is 12.6. The minimum Gasteiger partial charge on any atom is -0.393 e. The number of nitrogens with one attached hydrogen (secondary N) is 1. The van der Waals surface area contributed by atoms with Crippen molar-refractivity contribution in [1.82, 2.24) is 5.32 Å². The van der Waals surface area contributed by atoms with E-state index in [9.17, 15) is 9.90 Å². The third-order valence-corrected chi connectivity index (χ3v) is 5.32. The average Bonchev–Trinajstić information content (AvgIpc) is 2.96. The van der Waals surface area contributed by atoms with Crippen LogP contribution in [0.25, 0.3) is 0 Å². The zero-order valence-corrected chi connectivity index (χ0v) is 13.3. The van der Waals surface area contributed by atoms with E-state index in [2.05, 4.69) is 27.3 Å². The van der Waals surface area contributed by atoms with Crippen LogP contribution in [0.2, 0.25) is 0 Å². The lowest BCUT2D eigenvalue weighted by molar-refractivity contribution is -0.121. The molecule has 0 bridgehead atoms. The molecule has 2 atom stereocenters. The zero-order chi connectivity index (χ0) is 13.7. The minimum atomic E-state index is -0.219. The van der Waals surface area contributed by atoms with Gasteiger partial charge in [-0.05, 0) is 53.7 Å². The standard InChI is InChI=1S/C14H20BrNO2S/c15-13-8-7-11(19-13)4-2-6-14(18)16-9-10-3-1-5-12(10)17/h7-8,10,12,17H,1-6,9H2,(H,16,18). The van der Waals surface area contributed by atoms with Gasteiger partial charge in [-0.3, -0.25) is 4.79 Å². The minimum absolute atomic E-state index is 0.106. The van der Waals surface area contributed by atoms with Gasteiger partial charge in [-0.15, -0.1) is 11.3 Å². The van der Waals surface area contributed by atoms with E-state index in [1.807, 2.05) is 6.07 Å². The Kier molecular flexibility index (Phi) is 5.85. The SMILES string of the molecule is O=C(CCCc1ccc(Br)s1)NCC1CCCC1O. The molecule has 3 nitrogen and oxygen atoms in total. The monoisotopic (exact) mass is 345 g/mol. The Labute approximate surface area is 126 Å². The van der Waals surface area contributed by atoms with Gasteiger partial charge < -0.3 is 10.4 Å². The quantitative estimate of drug-likeness (QED) is 0.832. The maximum absolute atomic E-state index is 11.7. The van der Waals surface area contributed by atoms with Crippen molar-refractivity contribution in [2.45, 2.75) is 44.6 Å². The van der Waals surface area contributed by atoms with Crippen molar-refractivity contribution >= 4 is 33.2 Å². The number of hydrogen-bond acceptors (Lipinski definition) is 3. The molecule has 1 aliphatic carbocycles. The number of carbonyl (C=O) groups excluding carboxylic acids is 1. The summed E-state index contributed by atoms with van der Waals surface area (Å²) in [6.07, 6.45) is 5.18. The first-order valence-electron chi connectivity index (χ1n) is 6.84. The smallest absolute Gasteiger partial charge is 0.220 e. The van der Waals surface area contributed by atoms with Crippen LogP contribution >= 0.6 is 27.3 Å². The van der Waals surface area contributed by atoms with E-state index in [-0.39, 0.29) is 17.9 Å². The summed E-state index contributed by atoms with van der Waals surface area (Å²) in [4.78, 5) is 13.0. The number of thiophene rings is 1. The number of aliphatic hydroxyl groups is 1. The Morgan fingerprint density at radius 1 is 1.47 bits per heavy atom. The first-order valence-corrected chi connectivity index (χ1v) is 8.45. The van der Waals surface area contributed by atoms with Gasteiger partial charge in [0.15, 0.2) is 0 Å². The lowest BCUT2D eigenvalue weighted by atomic mass is 10.1. The zero-order valence-electron chi connectivity index (χ0n) is 10.9. The van der Waals surface area contributed by atoms with Gasteiger partial charge in [-0.25, -0.2) is 0 Å². The van der Waals surface area contributed by atoms with Crippen molar-refractivity contribution < 1.29 is 9.90 Å². The highest BCUT2D eigenvalue weighted by molar-refractivity contribution is 9.11. The highest BCUT2D eigenvalue weighted by atomic mass is 79.9. The summed E-state index contributed by atoms with van der Waals surface area (Å²) in [6, 6.07) is 4.14. The third-order valence-electron chi connectivity index (χ3n) is 3.64. The highest BCUT2D eigenvalue weighted by Gasteiger charge is 2.25. The Morgan fingerprint density at radius 3 is 2.95 bits per heavy atom. The van der Waals surface area contributed by atoms with Crippen LogP contribution in [-0.2, 0) is 11.2 Å². The molecular formula is C14H20BrNO2S. The molecule has 1 amide bonds. The predicted octanol–water partition coefficient (Wildman–Crippen LogP) is 3.11. The first-order chi connectivity index (χ1) is 9.15. The van der Waals surface area contributed by atoms with Gasteiger partial charge in [0.2, 0.25) is 5.91 Å². The molecule has 1 saturated carbocycles. The normalized spacial score (nSPS) is 22.6.